The molecule has 1 unspecified atom stereocenters. The minimum absolute atomic E-state index is 0.0431. The first-order valence-electron chi connectivity index (χ1n) is 6.85. The molecule has 0 aliphatic rings. The summed E-state index contributed by atoms with van der Waals surface area (Å²) in [4.78, 5) is 14.0. The number of anilines is 1. The molecular formula is C16H22N2O. The molecule has 102 valence electrons. The fourth-order valence-corrected chi connectivity index (χ4v) is 2.07. The second-order valence-electron chi connectivity index (χ2n) is 4.99. The van der Waals surface area contributed by atoms with E-state index in [9.17, 15) is 4.79 Å². The molecule has 1 rings (SSSR count). The van der Waals surface area contributed by atoms with Gasteiger partial charge in [0, 0.05) is 24.6 Å². The number of hydrogen-bond donors (Lipinski definition) is 0. The molecular weight excluding hydrogens is 236 g/mol. The minimum Gasteiger partial charge on any atom is -0.313 e. The minimum atomic E-state index is -0.0431. The zero-order chi connectivity index (χ0) is 14.3. The molecule has 0 bridgehead atoms. The van der Waals surface area contributed by atoms with E-state index in [1.165, 1.54) is 0 Å². The van der Waals surface area contributed by atoms with Crippen LogP contribution in [-0.4, -0.2) is 12.5 Å². The van der Waals surface area contributed by atoms with E-state index in [-0.39, 0.29) is 11.8 Å². The summed E-state index contributed by atoms with van der Waals surface area (Å²) in [6.07, 6.45) is 1.06. The van der Waals surface area contributed by atoms with Gasteiger partial charge in [-0.05, 0) is 31.4 Å². The van der Waals surface area contributed by atoms with E-state index in [1.807, 2.05) is 51.1 Å². The third kappa shape index (κ3) is 4.40. The van der Waals surface area contributed by atoms with Crippen LogP contribution in [0, 0.1) is 23.2 Å². The lowest BCUT2D eigenvalue weighted by Crippen LogP contribution is -2.30. The first-order chi connectivity index (χ1) is 9.10. The molecule has 0 aliphatic carbocycles. The van der Waals surface area contributed by atoms with Crippen LogP contribution in [0.1, 0.15) is 33.6 Å². The molecule has 1 aromatic rings. The number of nitriles is 1. The van der Waals surface area contributed by atoms with Gasteiger partial charge in [0.25, 0.3) is 0 Å². The van der Waals surface area contributed by atoms with Crippen molar-refractivity contribution in [3.63, 3.8) is 0 Å². The summed E-state index contributed by atoms with van der Waals surface area (Å²) in [6.45, 7) is 6.66. The molecule has 0 N–H and O–H groups in total. The third-order valence-corrected chi connectivity index (χ3v) is 3.32. The van der Waals surface area contributed by atoms with Crippen molar-refractivity contribution in [3.05, 3.63) is 30.3 Å². The number of amides is 1. The molecule has 0 fully saturated rings. The Bertz CT molecular complexity index is 434. The summed E-state index contributed by atoms with van der Waals surface area (Å²) < 4.78 is 0. The molecule has 1 amide bonds. The van der Waals surface area contributed by atoms with Gasteiger partial charge in [-0.25, -0.2) is 0 Å². The fraction of sp³-hybridized carbons (Fsp3) is 0.500. The van der Waals surface area contributed by atoms with Crippen molar-refractivity contribution >= 4 is 11.6 Å². The van der Waals surface area contributed by atoms with E-state index >= 15 is 0 Å². The van der Waals surface area contributed by atoms with Gasteiger partial charge in [-0.15, -0.1) is 0 Å². The Morgan fingerprint density at radius 2 is 1.95 bits per heavy atom. The van der Waals surface area contributed by atoms with Gasteiger partial charge in [0.1, 0.15) is 0 Å². The van der Waals surface area contributed by atoms with Crippen LogP contribution in [0.3, 0.4) is 0 Å². The Balaban J connectivity index is 2.64. The van der Waals surface area contributed by atoms with Crippen LogP contribution in [0.15, 0.2) is 30.3 Å². The molecule has 0 aromatic heterocycles. The lowest BCUT2D eigenvalue weighted by atomic mass is 9.92. The smallest absolute Gasteiger partial charge is 0.227 e. The molecule has 19 heavy (non-hydrogen) atoms. The van der Waals surface area contributed by atoms with Crippen LogP contribution in [-0.2, 0) is 4.79 Å². The molecule has 1 aromatic carbocycles. The van der Waals surface area contributed by atoms with Gasteiger partial charge in [-0.3, -0.25) is 4.79 Å². The molecule has 3 nitrogen and oxygen atoms in total. The Morgan fingerprint density at radius 3 is 2.42 bits per heavy atom. The number of para-hydroxylation sites is 1. The summed E-state index contributed by atoms with van der Waals surface area (Å²) in [6, 6.07) is 11.9. The number of carbonyl (C=O) groups excluding carboxylic acids is 1. The second kappa shape index (κ2) is 7.58. The van der Waals surface area contributed by atoms with E-state index in [0.717, 1.165) is 5.69 Å². The number of rotatable bonds is 6. The largest absolute Gasteiger partial charge is 0.313 e. The van der Waals surface area contributed by atoms with Crippen LogP contribution >= 0.6 is 0 Å². The molecule has 1 atom stereocenters. The van der Waals surface area contributed by atoms with Crippen molar-refractivity contribution < 1.29 is 4.79 Å². The van der Waals surface area contributed by atoms with Crippen molar-refractivity contribution in [2.24, 2.45) is 11.8 Å². The first-order valence-corrected chi connectivity index (χ1v) is 6.85. The van der Waals surface area contributed by atoms with Crippen molar-refractivity contribution in [2.45, 2.75) is 33.6 Å². The van der Waals surface area contributed by atoms with Gasteiger partial charge in [-0.2, -0.15) is 5.26 Å². The van der Waals surface area contributed by atoms with Gasteiger partial charge in [0.05, 0.1) is 6.07 Å². The highest BCUT2D eigenvalue weighted by Gasteiger charge is 2.18. The zero-order valence-electron chi connectivity index (χ0n) is 12.0. The second-order valence-corrected chi connectivity index (χ2v) is 4.99. The van der Waals surface area contributed by atoms with E-state index in [0.29, 0.717) is 25.3 Å². The summed E-state index contributed by atoms with van der Waals surface area (Å²) in [5.41, 5.74) is 0.924. The molecule has 3 heteroatoms. The standard InChI is InChI=1S/C16H22N2O/c1-4-18(15-8-6-5-7-9-15)16(19)11-10-14(12-17)13(2)3/h5-9,13-14H,4,10-11H2,1-3H3. The maximum absolute atomic E-state index is 12.2. The Hall–Kier alpha value is -1.82. The monoisotopic (exact) mass is 258 g/mol. The molecule has 0 saturated heterocycles. The van der Waals surface area contributed by atoms with Crippen molar-refractivity contribution in [1.29, 1.82) is 5.26 Å². The lowest BCUT2D eigenvalue weighted by molar-refractivity contribution is -0.118. The Labute approximate surface area is 115 Å². The van der Waals surface area contributed by atoms with E-state index < -0.39 is 0 Å². The van der Waals surface area contributed by atoms with E-state index in [4.69, 9.17) is 5.26 Å². The van der Waals surface area contributed by atoms with E-state index in [1.54, 1.807) is 4.90 Å². The Morgan fingerprint density at radius 1 is 1.32 bits per heavy atom. The normalized spacial score (nSPS) is 11.9. The highest BCUT2D eigenvalue weighted by atomic mass is 16.2. The highest BCUT2D eigenvalue weighted by molar-refractivity contribution is 5.93. The molecule has 0 aliphatic heterocycles. The predicted octanol–water partition coefficient (Wildman–Crippen LogP) is 3.62. The van der Waals surface area contributed by atoms with Gasteiger partial charge >= 0.3 is 0 Å². The van der Waals surface area contributed by atoms with Crippen LogP contribution in [0.4, 0.5) is 5.69 Å². The number of carbonyl (C=O) groups is 1. The van der Waals surface area contributed by atoms with Crippen LogP contribution in [0.2, 0.25) is 0 Å². The quantitative estimate of drug-likeness (QED) is 0.782. The Kier molecular flexibility index (Phi) is 6.08. The topological polar surface area (TPSA) is 44.1 Å². The van der Waals surface area contributed by atoms with Crippen molar-refractivity contribution in [1.82, 2.24) is 0 Å². The summed E-state index contributed by atoms with van der Waals surface area (Å²) in [5.74, 6) is 0.345. The van der Waals surface area contributed by atoms with Crippen molar-refractivity contribution in [3.8, 4) is 6.07 Å². The third-order valence-electron chi connectivity index (χ3n) is 3.32. The average molecular weight is 258 g/mol. The van der Waals surface area contributed by atoms with E-state index in [2.05, 4.69) is 6.07 Å². The molecule has 0 saturated carbocycles. The highest BCUT2D eigenvalue weighted by Crippen LogP contribution is 2.19. The van der Waals surface area contributed by atoms with Gasteiger partial charge in [0.15, 0.2) is 0 Å². The van der Waals surface area contributed by atoms with Crippen molar-refractivity contribution in [2.75, 3.05) is 11.4 Å². The average Bonchev–Trinajstić information content (AvgIpc) is 2.41. The summed E-state index contributed by atoms with van der Waals surface area (Å²) in [7, 11) is 0. The van der Waals surface area contributed by atoms with Crippen LogP contribution in [0.25, 0.3) is 0 Å². The van der Waals surface area contributed by atoms with Crippen LogP contribution < -0.4 is 4.90 Å². The predicted molar refractivity (Wildman–Crippen MR) is 77.6 cm³/mol. The van der Waals surface area contributed by atoms with Gasteiger partial charge in [-0.1, -0.05) is 32.0 Å². The SMILES string of the molecule is CCN(C(=O)CCC(C#N)C(C)C)c1ccccc1. The van der Waals surface area contributed by atoms with Crippen LogP contribution in [0.5, 0.6) is 0 Å². The maximum atomic E-state index is 12.2. The van der Waals surface area contributed by atoms with Gasteiger partial charge < -0.3 is 4.90 Å². The summed E-state index contributed by atoms with van der Waals surface area (Å²) in [5, 5.41) is 9.05. The molecule has 0 radical (unpaired) electrons. The summed E-state index contributed by atoms with van der Waals surface area (Å²) >= 11 is 0. The maximum Gasteiger partial charge on any atom is 0.227 e. The number of nitrogens with zero attached hydrogens (tertiary/aromatic N) is 2. The fourth-order valence-electron chi connectivity index (χ4n) is 2.07. The van der Waals surface area contributed by atoms with Gasteiger partial charge in [0.2, 0.25) is 5.91 Å². The zero-order valence-corrected chi connectivity index (χ0v) is 12.0. The number of benzene rings is 1. The number of hydrogen-bond acceptors (Lipinski definition) is 2. The molecule has 0 heterocycles. The first kappa shape index (κ1) is 15.2. The molecule has 0 spiro atoms. The lowest BCUT2D eigenvalue weighted by Gasteiger charge is -2.22.